The minimum Gasteiger partial charge on any atom is -0.493 e. The van der Waals surface area contributed by atoms with Crippen molar-refractivity contribution in [1.29, 1.82) is 0 Å². The maximum Gasteiger partial charge on any atom is 0.270 e. The largest absolute Gasteiger partial charge is 0.493 e. The molecule has 1 N–H and O–H groups in total. The summed E-state index contributed by atoms with van der Waals surface area (Å²) in [6.45, 7) is 1.37. The van der Waals surface area contributed by atoms with Gasteiger partial charge in [0.2, 0.25) is 0 Å². The molecule has 1 aliphatic heterocycles. The molecule has 0 radical (unpaired) electrons. The van der Waals surface area contributed by atoms with Crippen molar-refractivity contribution in [2.45, 2.75) is 25.4 Å². The number of halogens is 2. The van der Waals surface area contributed by atoms with Crippen molar-refractivity contribution < 1.29 is 28.1 Å². The molecule has 1 aliphatic rings. The molecule has 0 aromatic heterocycles. The van der Waals surface area contributed by atoms with E-state index in [2.05, 4.69) is 0 Å². The quantitative estimate of drug-likeness (QED) is 0.761. The number of methoxy groups -OCH3 is 2. The van der Waals surface area contributed by atoms with E-state index < -0.39 is 5.92 Å². The summed E-state index contributed by atoms with van der Waals surface area (Å²) in [7, 11) is 3.16. The number of hydrogen-bond donors (Lipinski definition) is 1. The van der Waals surface area contributed by atoms with Crippen LogP contribution in [0.25, 0.3) is 0 Å². The van der Waals surface area contributed by atoms with E-state index in [1.807, 2.05) is 18.2 Å². The molecule has 0 bridgehead atoms. The molecule has 1 heterocycles. The summed E-state index contributed by atoms with van der Waals surface area (Å²) >= 11 is 0. The van der Waals surface area contributed by atoms with Gasteiger partial charge in [-0.2, -0.15) is 0 Å². The number of benzene rings is 2. The number of rotatable bonds is 7. The van der Waals surface area contributed by atoms with E-state index in [1.54, 1.807) is 26.4 Å². The second-order valence-corrected chi connectivity index (χ2v) is 7.26. The van der Waals surface area contributed by atoms with Crippen LogP contribution in [0.15, 0.2) is 42.5 Å². The standard InChI is InChI=1S/C22H26F2O4/c1-22(23,24)17-7-4-14(5-8-17)10-16-13-28-21(18(16)12-25)15-6-9-19(26-2)20(11-15)27-3/h4-9,11,16,18,21,25H,10,12-13H2,1-3H3/t16-,18-,21?/m0/s1. The third-order valence-electron chi connectivity index (χ3n) is 5.39. The Labute approximate surface area is 164 Å². The van der Waals surface area contributed by atoms with E-state index in [9.17, 15) is 13.9 Å². The number of aliphatic hydroxyl groups excluding tert-OH is 1. The molecular formula is C22H26F2O4. The highest BCUT2D eigenvalue weighted by molar-refractivity contribution is 5.44. The van der Waals surface area contributed by atoms with Crippen molar-refractivity contribution in [2.24, 2.45) is 11.8 Å². The molecule has 2 aromatic carbocycles. The molecule has 3 rings (SSSR count). The number of ether oxygens (including phenoxy) is 3. The van der Waals surface area contributed by atoms with E-state index in [1.165, 1.54) is 12.1 Å². The Hall–Kier alpha value is -2.18. The Kier molecular flexibility index (Phi) is 6.20. The van der Waals surface area contributed by atoms with Gasteiger partial charge >= 0.3 is 0 Å². The third kappa shape index (κ3) is 4.28. The van der Waals surface area contributed by atoms with E-state index in [0.29, 0.717) is 24.5 Å². The maximum atomic E-state index is 13.4. The van der Waals surface area contributed by atoms with Crippen LogP contribution in [0.2, 0.25) is 0 Å². The average Bonchev–Trinajstić information content (AvgIpc) is 3.09. The van der Waals surface area contributed by atoms with E-state index in [4.69, 9.17) is 14.2 Å². The summed E-state index contributed by atoms with van der Waals surface area (Å²) in [5, 5.41) is 9.99. The summed E-state index contributed by atoms with van der Waals surface area (Å²) in [4.78, 5) is 0. The highest BCUT2D eigenvalue weighted by atomic mass is 19.3. The Morgan fingerprint density at radius 1 is 1.07 bits per heavy atom. The first-order chi connectivity index (χ1) is 13.4. The van der Waals surface area contributed by atoms with Crippen LogP contribution in [0.3, 0.4) is 0 Å². The molecule has 1 unspecified atom stereocenters. The summed E-state index contributed by atoms with van der Waals surface area (Å²) in [6.07, 6.45) is 0.402. The number of hydrogen-bond acceptors (Lipinski definition) is 4. The van der Waals surface area contributed by atoms with E-state index >= 15 is 0 Å². The monoisotopic (exact) mass is 392 g/mol. The predicted molar refractivity (Wildman–Crippen MR) is 102 cm³/mol. The molecule has 1 fully saturated rings. The minimum absolute atomic E-state index is 0.000773. The van der Waals surface area contributed by atoms with Gasteiger partial charge in [-0.3, -0.25) is 0 Å². The topological polar surface area (TPSA) is 47.9 Å². The lowest BCUT2D eigenvalue weighted by molar-refractivity contribution is 0.0174. The van der Waals surface area contributed by atoms with Crippen LogP contribution in [0.4, 0.5) is 8.78 Å². The number of aliphatic hydroxyl groups is 1. The van der Waals surface area contributed by atoms with Crippen LogP contribution in [-0.4, -0.2) is 32.5 Å². The minimum atomic E-state index is -2.85. The molecule has 0 spiro atoms. The average molecular weight is 392 g/mol. The second kappa shape index (κ2) is 8.45. The first-order valence-corrected chi connectivity index (χ1v) is 9.29. The first-order valence-electron chi connectivity index (χ1n) is 9.29. The summed E-state index contributed by atoms with van der Waals surface area (Å²) in [6, 6.07) is 12.0. The molecule has 0 amide bonds. The fraction of sp³-hybridized carbons (Fsp3) is 0.455. The zero-order valence-corrected chi connectivity index (χ0v) is 16.3. The zero-order chi connectivity index (χ0) is 20.3. The normalized spacial score (nSPS) is 22.3. The van der Waals surface area contributed by atoms with E-state index in [-0.39, 0.29) is 30.1 Å². The Balaban J connectivity index is 1.75. The van der Waals surface area contributed by atoms with Gasteiger partial charge in [-0.25, -0.2) is 8.78 Å². The first kappa shape index (κ1) is 20.6. The molecular weight excluding hydrogens is 366 g/mol. The van der Waals surface area contributed by atoms with Crippen LogP contribution in [0, 0.1) is 11.8 Å². The smallest absolute Gasteiger partial charge is 0.270 e. The second-order valence-electron chi connectivity index (χ2n) is 7.26. The molecule has 1 saturated heterocycles. The fourth-order valence-electron chi connectivity index (χ4n) is 3.79. The van der Waals surface area contributed by atoms with Gasteiger partial charge in [-0.1, -0.05) is 30.3 Å². The molecule has 4 nitrogen and oxygen atoms in total. The third-order valence-corrected chi connectivity index (χ3v) is 5.39. The maximum absolute atomic E-state index is 13.4. The van der Waals surface area contributed by atoms with Gasteiger partial charge in [0.05, 0.1) is 26.9 Å². The van der Waals surface area contributed by atoms with Gasteiger partial charge in [0.15, 0.2) is 11.5 Å². The molecule has 6 heteroatoms. The molecule has 152 valence electrons. The van der Waals surface area contributed by atoms with Gasteiger partial charge < -0.3 is 19.3 Å². The molecule has 0 saturated carbocycles. The van der Waals surface area contributed by atoms with Crippen molar-refractivity contribution in [3.8, 4) is 11.5 Å². The van der Waals surface area contributed by atoms with Gasteiger partial charge in [0.25, 0.3) is 5.92 Å². The lowest BCUT2D eigenvalue weighted by Gasteiger charge is -2.22. The van der Waals surface area contributed by atoms with Crippen molar-refractivity contribution >= 4 is 0 Å². The summed E-state index contributed by atoms with van der Waals surface area (Å²) in [5.41, 5.74) is 1.87. The van der Waals surface area contributed by atoms with Crippen LogP contribution in [0.5, 0.6) is 11.5 Å². The molecule has 0 aliphatic carbocycles. The van der Waals surface area contributed by atoms with Gasteiger partial charge in [-0.05, 0) is 35.6 Å². The van der Waals surface area contributed by atoms with Crippen molar-refractivity contribution in [2.75, 3.05) is 27.4 Å². The fourth-order valence-corrected chi connectivity index (χ4v) is 3.79. The Morgan fingerprint density at radius 2 is 1.75 bits per heavy atom. The summed E-state index contributed by atoms with van der Waals surface area (Å²) < 4.78 is 43.4. The van der Waals surface area contributed by atoms with Crippen molar-refractivity contribution in [3.05, 3.63) is 59.2 Å². The highest BCUT2D eigenvalue weighted by Gasteiger charge is 2.38. The van der Waals surface area contributed by atoms with Crippen LogP contribution < -0.4 is 9.47 Å². The molecule has 3 atom stereocenters. The van der Waals surface area contributed by atoms with Crippen LogP contribution >= 0.6 is 0 Å². The van der Waals surface area contributed by atoms with Gasteiger partial charge in [-0.15, -0.1) is 0 Å². The molecule has 28 heavy (non-hydrogen) atoms. The van der Waals surface area contributed by atoms with Crippen molar-refractivity contribution in [1.82, 2.24) is 0 Å². The summed E-state index contributed by atoms with van der Waals surface area (Å²) in [5.74, 6) is -1.60. The highest BCUT2D eigenvalue weighted by Crippen LogP contribution is 2.42. The van der Waals surface area contributed by atoms with Gasteiger partial charge in [0.1, 0.15) is 0 Å². The predicted octanol–water partition coefficient (Wildman–Crippen LogP) is 4.35. The lowest BCUT2D eigenvalue weighted by Crippen LogP contribution is -2.21. The van der Waals surface area contributed by atoms with Crippen LogP contribution in [0.1, 0.15) is 29.7 Å². The lowest BCUT2D eigenvalue weighted by atomic mass is 9.84. The van der Waals surface area contributed by atoms with Gasteiger partial charge in [0, 0.05) is 25.0 Å². The van der Waals surface area contributed by atoms with Crippen molar-refractivity contribution in [3.63, 3.8) is 0 Å². The Bertz CT molecular complexity index is 786. The zero-order valence-electron chi connectivity index (χ0n) is 16.3. The van der Waals surface area contributed by atoms with Crippen LogP contribution in [-0.2, 0) is 17.1 Å². The Morgan fingerprint density at radius 3 is 2.32 bits per heavy atom. The molecule has 2 aromatic rings. The SMILES string of the molecule is COc1ccc(C2OC[C@H](Cc3ccc(C(C)(F)F)cc3)[C@@H]2CO)cc1OC. The van der Waals surface area contributed by atoms with E-state index in [0.717, 1.165) is 18.1 Å². The number of alkyl halides is 2.